The highest BCUT2D eigenvalue weighted by molar-refractivity contribution is 5.94. The third-order valence-corrected chi connectivity index (χ3v) is 4.42. The van der Waals surface area contributed by atoms with Gasteiger partial charge in [-0.05, 0) is 37.3 Å². The number of amides is 1. The number of carbonyl (C=O) groups excluding carboxylic acids is 1. The van der Waals surface area contributed by atoms with E-state index in [2.05, 4.69) is 29.9 Å². The Morgan fingerprint density at radius 3 is 2.71 bits per heavy atom. The molecule has 2 aromatic rings. The van der Waals surface area contributed by atoms with Gasteiger partial charge >= 0.3 is 0 Å². The third kappa shape index (κ3) is 3.85. The number of nitrogens with zero attached hydrogens (tertiary/aromatic N) is 2. The van der Waals surface area contributed by atoms with E-state index in [9.17, 15) is 4.79 Å². The van der Waals surface area contributed by atoms with Crippen molar-refractivity contribution >= 4 is 11.6 Å². The number of fused-ring (bicyclic) bond motifs is 1. The molecular weight excluding hydrogens is 300 g/mol. The second kappa shape index (κ2) is 7.18. The van der Waals surface area contributed by atoms with E-state index in [0.29, 0.717) is 12.3 Å². The normalized spacial score (nSPS) is 15.2. The van der Waals surface area contributed by atoms with Crippen LogP contribution in [0.25, 0.3) is 11.3 Å². The van der Waals surface area contributed by atoms with E-state index in [4.69, 9.17) is 10.7 Å². The fourth-order valence-corrected chi connectivity index (χ4v) is 3.13. The number of aromatic nitrogens is 2. The number of imidazole rings is 1. The molecule has 1 aromatic carbocycles. The van der Waals surface area contributed by atoms with Crippen LogP contribution in [0.2, 0.25) is 0 Å². The van der Waals surface area contributed by atoms with Crippen molar-refractivity contribution in [3.63, 3.8) is 0 Å². The van der Waals surface area contributed by atoms with Crippen LogP contribution in [0, 0.1) is 5.92 Å². The van der Waals surface area contributed by atoms with Crippen molar-refractivity contribution in [2.24, 2.45) is 11.7 Å². The Kier molecular flexibility index (Phi) is 5.00. The highest BCUT2D eigenvalue weighted by atomic mass is 16.2. The van der Waals surface area contributed by atoms with Crippen molar-refractivity contribution in [3.05, 3.63) is 36.3 Å². The summed E-state index contributed by atoms with van der Waals surface area (Å²) in [6, 6.07) is 7.35. The van der Waals surface area contributed by atoms with Gasteiger partial charge in [-0.2, -0.15) is 0 Å². The number of hydrogen-bond acceptors (Lipinski definition) is 3. The molecule has 5 nitrogen and oxygen atoms in total. The minimum Gasteiger partial charge on any atom is -0.334 e. The first-order chi connectivity index (χ1) is 11.5. The molecule has 128 valence electrons. The van der Waals surface area contributed by atoms with Gasteiger partial charge in [0.25, 0.3) is 0 Å². The predicted octanol–water partition coefficient (Wildman–Crippen LogP) is 3.20. The summed E-state index contributed by atoms with van der Waals surface area (Å²) in [6.07, 6.45) is 6.31. The van der Waals surface area contributed by atoms with Crippen molar-refractivity contribution in [2.45, 2.75) is 52.1 Å². The first-order valence-electron chi connectivity index (χ1n) is 8.76. The Bertz CT molecular complexity index is 679. The summed E-state index contributed by atoms with van der Waals surface area (Å²) >= 11 is 0. The van der Waals surface area contributed by atoms with E-state index in [1.54, 1.807) is 0 Å². The lowest BCUT2D eigenvalue weighted by atomic mass is 10.0. The number of rotatable bonds is 5. The second-order valence-corrected chi connectivity index (χ2v) is 7.00. The first kappa shape index (κ1) is 16.7. The number of hydrogen-bond donors (Lipinski definition) is 2. The van der Waals surface area contributed by atoms with Gasteiger partial charge in [-0.1, -0.05) is 26.0 Å². The smallest absolute Gasteiger partial charge is 0.241 e. The molecule has 1 aliphatic rings. The molecule has 5 heteroatoms. The molecule has 0 fully saturated rings. The summed E-state index contributed by atoms with van der Waals surface area (Å²) in [7, 11) is 0. The number of carbonyl (C=O) groups is 1. The van der Waals surface area contributed by atoms with Gasteiger partial charge in [0.15, 0.2) is 0 Å². The van der Waals surface area contributed by atoms with Crippen LogP contribution in [0.3, 0.4) is 0 Å². The summed E-state index contributed by atoms with van der Waals surface area (Å²) in [5, 5.41) is 2.89. The third-order valence-electron chi connectivity index (χ3n) is 4.42. The quantitative estimate of drug-likeness (QED) is 0.886. The second-order valence-electron chi connectivity index (χ2n) is 7.00. The van der Waals surface area contributed by atoms with Crippen LogP contribution in [0.15, 0.2) is 30.5 Å². The van der Waals surface area contributed by atoms with Gasteiger partial charge in [0.1, 0.15) is 5.82 Å². The van der Waals surface area contributed by atoms with Crippen LogP contribution in [-0.4, -0.2) is 21.5 Å². The maximum Gasteiger partial charge on any atom is 0.241 e. The van der Waals surface area contributed by atoms with Gasteiger partial charge in [-0.3, -0.25) is 4.79 Å². The highest BCUT2D eigenvalue weighted by Crippen LogP contribution is 2.24. The molecule has 0 radical (unpaired) electrons. The van der Waals surface area contributed by atoms with Crippen molar-refractivity contribution in [3.8, 4) is 11.3 Å². The van der Waals surface area contributed by atoms with Crippen LogP contribution in [0.1, 0.15) is 38.9 Å². The molecule has 1 atom stereocenters. The van der Waals surface area contributed by atoms with E-state index in [1.165, 1.54) is 18.7 Å². The predicted molar refractivity (Wildman–Crippen MR) is 96.7 cm³/mol. The monoisotopic (exact) mass is 326 g/mol. The van der Waals surface area contributed by atoms with E-state index < -0.39 is 6.04 Å². The number of nitrogens with two attached hydrogens (primary N) is 1. The van der Waals surface area contributed by atoms with Crippen LogP contribution in [0.4, 0.5) is 5.69 Å². The van der Waals surface area contributed by atoms with E-state index in [1.807, 2.05) is 24.3 Å². The van der Waals surface area contributed by atoms with Crippen LogP contribution in [0.5, 0.6) is 0 Å². The summed E-state index contributed by atoms with van der Waals surface area (Å²) in [6.45, 7) is 5.18. The lowest BCUT2D eigenvalue weighted by molar-refractivity contribution is -0.117. The molecule has 0 saturated heterocycles. The Morgan fingerprint density at radius 2 is 2.04 bits per heavy atom. The molecule has 0 saturated carbocycles. The largest absolute Gasteiger partial charge is 0.334 e. The summed E-state index contributed by atoms with van der Waals surface area (Å²) in [5.74, 6) is 1.45. The number of aryl methyl sites for hydroxylation is 2. The van der Waals surface area contributed by atoms with Crippen molar-refractivity contribution in [1.82, 2.24) is 9.55 Å². The fourth-order valence-electron chi connectivity index (χ4n) is 3.13. The van der Waals surface area contributed by atoms with Crippen LogP contribution in [-0.2, 0) is 17.8 Å². The maximum absolute atomic E-state index is 12.1. The minimum atomic E-state index is -0.468. The SMILES string of the molecule is CC(C)C[C@H](N)C(=O)Nc1ccc(-c2cn3c(n2)CCCC3)cc1. The van der Waals surface area contributed by atoms with E-state index in [-0.39, 0.29) is 5.91 Å². The molecule has 2 heterocycles. The average Bonchev–Trinajstić information content (AvgIpc) is 2.99. The van der Waals surface area contributed by atoms with Crippen LogP contribution < -0.4 is 11.1 Å². The standard InChI is InChI=1S/C19H26N4O/c1-13(2)11-16(20)19(24)21-15-8-6-14(7-9-15)17-12-23-10-4-3-5-18(23)22-17/h6-9,12-13,16H,3-5,10-11,20H2,1-2H3,(H,21,24)/t16-/m0/s1. The summed E-state index contributed by atoms with van der Waals surface area (Å²) in [5.41, 5.74) is 8.76. The molecule has 3 N–H and O–H groups in total. The molecule has 1 amide bonds. The Labute approximate surface area is 143 Å². The molecule has 24 heavy (non-hydrogen) atoms. The average molecular weight is 326 g/mol. The molecule has 1 aromatic heterocycles. The zero-order valence-electron chi connectivity index (χ0n) is 14.5. The molecular formula is C19H26N4O. The molecule has 0 aliphatic carbocycles. The Balaban J connectivity index is 1.67. The van der Waals surface area contributed by atoms with Crippen molar-refractivity contribution in [2.75, 3.05) is 5.32 Å². The van der Waals surface area contributed by atoms with Crippen LogP contribution >= 0.6 is 0 Å². The van der Waals surface area contributed by atoms with Gasteiger partial charge in [0.2, 0.25) is 5.91 Å². The molecule has 0 spiro atoms. The molecule has 0 bridgehead atoms. The van der Waals surface area contributed by atoms with Crippen molar-refractivity contribution in [1.29, 1.82) is 0 Å². The minimum absolute atomic E-state index is 0.131. The van der Waals surface area contributed by atoms with Gasteiger partial charge in [-0.25, -0.2) is 4.98 Å². The summed E-state index contributed by atoms with van der Waals surface area (Å²) in [4.78, 5) is 16.8. The fraction of sp³-hybridized carbons (Fsp3) is 0.474. The first-order valence-corrected chi connectivity index (χ1v) is 8.76. The van der Waals surface area contributed by atoms with E-state index in [0.717, 1.165) is 29.9 Å². The lowest BCUT2D eigenvalue weighted by Crippen LogP contribution is -2.36. The summed E-state index contributed by atoms with van der Waals surface area (Å²) < 4.78 is 2.25. The lowest BCUT2D eigenvalue weighted by Gasteiger charge is -2.14. The highest BCUT2D eigenvalue weighted by Gasteiger charge is 2.16. The van der Waals surface area contributed by atoms with E-state index >= 15 is 0 Å². The zero-order valence-corrected chi connectivity index (χ0v) is 14.5. The van der Waals surface area contributed by atoms with Gasteiger partial charge in [-0.15, -0.1) is 0 Å². The zero-order chi connectivity index (χ0) is 17.1. The van der Waals surface area contributed by atoms with Gasteiger partial charge in [0.05, 0.1) is 11.7 Å². The van der Waals surface area contributed by atoms with Crippen molar-refractivity contribution < 1.29 is 4.79 Å². The van der Waals surface area contributed by atoms with Gasteiger partial charge < -0.3 is 15.6 Å². The van der Waals surface area contributed by atoms with Gasteiger partial charge in [0, 0.05) is 30.4 Å². The Morgan fingerprint density at radius 1 is 1.29 bits per heavy atom. The molecule has 0 unspecified atom stereocenters. The number of nitrogens with one attached hydrogen (secondary N) is 1. The Hall–Kier alpha value is -2.14. The number of anilines is 1. The topological polar surface area (TPSA) is 72.9 Å². The molecule has 1 aliphatic heterocycles. The maximum atomic E-state index is 12.1. The number of benzene rings is 1. The molecule has 3 rings (SSSR count).